The Bertz CT molecular complexity index is 842. The van der Waals surface area contributed by atoms with Gasteiger partial charge in [0.05, 0.1) is 20.2 Å². The van der Waals surface area contributed by atoms with Crippen molar-refractivity contribution in [3.8, 4) is 11.5 Å². The molecule has 0 bridgehead atoms. The second-order valence-corrected chi connectivity index (χ2v) is 7.00. The van der Waals surface area contributed by atoms with Crippen molar-refractivity contribution in [3.05, 3.63) is 57.9 Å². The van der Waals surface area contributed by atoms with E-state index < -0.39 is 0 Å². The molecule has 0 saturated carbocycles. The van der Waals surface area contributed by atoms with Crippen LogP contribution < -0.4 is 15.2 Å². The van der Waals surface area contributed by atoms with Crippen LogP contribution in [0.2, 0.25) is 0 Å². The molecule has 0 aliphatic carbocycles. The van der Waals surface area contributed by atoms with Crippen molar-refractivity contribution in [2.24, 2.45) is 5.73 Å². The minimum absolute atomic E-state index is 0. The van der Waals surface area contributed by atoms with E-state index in [9.17, 15) is 0 Å². The molecular weight excluding hydrogens is 400 g/mol. The summed E-state index contributed by atoms with van der Waals surface area (Å²) in [5.74, 6) is 2.56. The molecule has 0 unspecified atom stereocenters. The van der Waals surface area contributed by atoms with Crippen LogP contribution >= 0.6 is 23.7 Å². The molecule has 2 aromatic heterocycles. The third kappa shape index (κ3) is 5.93. The molecule has 28 heavy (non-hydrogen) atoms. The van der Waals surface area contributed by atoms with Crippen LogP contribution in [0.4, 0.5) is 0 Å². The number of aromatic nitrogens is 2. The second-order valence-electron chi connectivity index (χ2n) is 5.96. The third-order valence-corrected chi connectivity index (χ3v) is 4.93. The Morgan fingerprint density at radius 2 is 2.07 bits per heavy atom. The van der Waals surface area contributed by atoms with Crippen molar-refractivity contribution in [2.45, 2.75) is 33.2 Å². The van der Waals surface area contributed by atoms with E-state index in [2.05, 4.69) is 34.1 Å². The molecular formula is C19H25ClN4O3S. The Hall–Kier alpha value is -2.13. The van der Waals surface area contributed by atoms with E-state index in [4.69, 9.17) is 19.7 Å². The fourth-order valence-electron chi connectivity index (χ4n) is 2.65. The van der Waals surface area contributed by atoms with Gasteiger partial charge in [-0.1, -0.05) is 24.2 Å². The maximum Gasteiger partial charge on any atom is 0.240 e. The van der Waals surface area contributed by atoms with Crippen molar-refractivity contribution < 1.29 is 14.0 Å². The number of halogens is 1. The second kappa shape index (κ2) is 11.0. The number of hydrogen-bond acceptors (Lipinski definition) is 8. The standard InChI is InChI=1S/C19H24N4O3S.ClH/c1-3-23(12-18-21-19(10-20)26-22-18)11-14-6-7-16(17(9-14)24-2)25-13-15-5-4-8-27-15;/h4-9H,3,10-13,20H2,1-2H3;1H. The molecule has 0 radical (unpaired) electrons. The Labute approximate surface area is 174 Å². The third-order valence-electron chi connectivity index (χ3n) is 4.08. The highest BCUT2D eigenvalue weighted by molar-refractivity contribution is 7.09. The molecule has 9 heteroatoms. The lowest BCUT2D eigenvalue weighted by molar-refractivity contribution is 0.257. The maximum atomic E-state index is 5.90. The van der Waals surface area contributed by atoms with Gasteiger partial charge in [0.1, 0.15) is 6.61 Å². The lowest BCUT2D eigenvalue weighted by atomic mass is 10.2. The summed E-state index contributed by atoms with van der Waals surface area (Å²) in [6.45, 7) is 5.08. The number of thiophene rings is 1. The first-order valence-electron chi connectivity index (χ1n) is 8.77. The number of ether oxygens (including phenoxy) is 2. The molecule has 0 amide bonds. The molecule has 3 rings (SSSR count). The van der Waals surface area contributed by atoms with E-state index in [1.54, 1.807) is 18.4 Å². The molecule has 152 valence electrons. The number of rotatable bonds is 10. The average Bonchev–Trinajstić information content (AvgIpc) is 3.38. The first kappa shape index (κ1) is 22.2. The number of nitrogens with zero attached hydrogens (tertiary/aromatic N) is 3. The topological polar surface area (TPSA) is 86.6 Å². The minimum Gasteiger partial charge on any atom is -0.493 e. The van der Waals surface area contributed by atoms with Crippen LogP contribution in [0.15, 0.2) is 40.2 Å². The fourth-order valence-corrected chi connectivity index (χ4v) is 3.26. The molecule has 1 aromatic carbocycles. The largest absolute Gasteiger partial charge is 0.493 e. The zero-order chi connectivity index (χ0) is 19.1. The monoisotopic (exact) mass is 424 g/mol. The summed E-state index contributed by atoms with van der Waals surface area (Å²) >= 11 is 1.67. The van der Waals surface area contributed by atoms with Crippen molar-refractivity contribution in [1.29, 1.82) is 0 Å². The SMILES string of the molecule is CCN(Cc1ccc(OCc2cccs2)c(OC)c1)Cc1noc(CN)n1.Cl. The number of nitrogens with two attached hydrogens (primary N) is 1. The van der Waals surface area contributed by atoms with Crippen molar-refractivity contribution in [1.82, 2.24) is 15.0 Å². The van der Waals surface area contributed by atoms with Gasteiger partial charge in [-0.05, 0) is 35.7 Å². The van der Waals surface area contributed by atoms with Gasteiger partial charge >= 0.3 is 0 Å². The average molecular weight is 425 g/mol. The quantitative estimate of drug-likeness (QED) is 0.531. The van der Waals surface area contributed by atoms with Crippen LogP contribution in [-0.4, -0.2) is 28.7 Å². The van der Waals surface area contributed by atoms with E-state index >= 15 is 0 Å². The fraction of sp³-hybridized carbons (Fsp3) is 0.368. The summed E-state index contributed by atoms with van der Waals surface area (Å²) in [6, 6.07) is 10.1. The van der Waals surface area contributed by atoms with Crippen LogP contribution in [0, 0.1) is 0 Å². The van der Waals surface area contributed by atoms with Gasteiger partial charge in [0.2, 0.25) is 5.89 Å². The maximum absolute atomic E-state index is 5.90. The van der Waals surface area contributed by atoms with Crippen LogP contribution in [0.1, 0.15) is 29.1 Å². The molecule has 0 aliphatic heterocycles. The molecule has 0 spiro atoms. The van der Waals surface area contributed by atoms with Crippen molar-refractivity contribution in [2.75, 3.05) is 13.7 Å². The molecule has 2 N–H and O–H groups in total. The summed E-state index contributed by atoms with van der Waals surface area (Å²) < 4.78 is 16.5. The summed E-state index contributed by atoms with van der Waals surface area (Å²) in [5, 5.41) is 6.00. The molecule has 0 fully saturated rings. The van der Waals surface area contributed by atoms with Crippen molar-refractivity contribution >= 4 is 23.7 Å². The minimum atomic E-state index is 0. The predicted octanol–water partition coefficient (Wildman–Crippen LogP) is 3.62. The number of methoxy groups -OCH3 is 1. The smallest absolute Gasteiger partial charge is 0.240 e. The highest BCUT2D eigenvalue weighted by Crippen LogP contribution is 2.29. The molecule has 7 nitrogen and oxygen atoms in total. The van der Waals surface area contributed by atoms with E-state index in [1.807, 2.05) is 23.6 Å². The van der Waals surface area contributed by atoms with Gasteiger partial charge in [0.25, 0.3) is 0 Å². The zero-order valence-corrected chi connectivity index (χ0v) is 17.6. The van der Waals surface area contributed by atoms with Gasteiger partial charge < -0.3 is 19.7 Å². The van der Waals surface area contributed by atoms with E-state index in [0.717, 1.165) is 30.2 Å². The lowest BCUT2D eigenvalue weighted by Gasteiger charge is -2.19. The van der Waals surface area contributed by atoms with Crippen molar-refractivity contribution in [3.63, 3.8) is 0 Å². The van der Waals surface area contributed by atoms with E-state index in [1.165, 1.54) is 4.88 Å². The Balaban J connectivity index is 0.00000280. The molecule has 2 heterocycles. The van der Waals surface area contributed by atoms with Crippen LogP contribution in [0.3, 0.4) is 0 Å². The predicted molar refractivity (Wildman–Crippen MR) is 111 cm³/mol. The Kier molecular flexibility index (Phi) is 8.72. The highest BCUT2D eigenvalue weighted by atomic mass is 35.5. The molecule has 3 aromatic rings. The first-order valence-corrected chi connectivity index (χ1v) is 9.65. The lowest BCUT2D eigenvalue weighted by Crippen LogP contribution is -2.23. The number of hydrogen-bond donors (Lipinski definition) is 1. The summed E-state index contributed by atoms with van der Waals surface area (Å²) in [5.41, 5.74) is 6.64. The summed E-state index contributed by atoms with van der Waals surface area (Å²) in [7, 11) is 1.66. The van der Waals surface area contributed by atoms with Gasteiger partial charge in [-0.2, -0.15) is 4.98 Å². The zero-order valence-electron chi connectivity index (χ0n) is 16.0. The molecule has 0 atom stereocenters. The van der Waals surface area contributed by atoms with Gasteiger partial charge in [-0.3, -0.25) is 4.90 Å². The summed E-state index contributed by atoms with van der Waals surface area (Å²) in [6.07, 6.45) is 0. The normalized spacial score (nSPS) is 10.7. The molecule has 0 aliphatic rings. The Morgan fingerprint density at radius 1 is 1.21 bits per heavy atom. The van der Waals surface area contributed by atoms with Crippen LogP contribution in [0.5, 0.6) is 11.5 Å². The first-order chi connectivity index (χ1) is 13.2. The number of benzene rings is 1. The molecule has 0 saturated heterocycles. The van der Waals surface area contributed by atoms with Crippen LogP contribution in [-0.2, 0) is 26.2 Å². The van der Waals surface area contributed by atoms with E-state index in [0.29, 0.717) is 24.9 Å². The van der Waals surface area contributed by atoms with Gasteiger partial charge in [-0.25, -0.2) is 0 Å². The van der Waals surface area contributed by atoms with Gasteiger partial charge in [0, 0.05) is 11.4 Å². The highest BCUT2D eigenvalue weighted by Gasteiger charge is 2.13. The van der Waals surface area contributed by atoms with E-state index in [-0.39, 0.29) is 19.0 Å². The van der Waals surface area contributed by atoms with Gasteiger partial charge in [-0.15, -0.1) is 23.7 Å². The Morgan fingerprint density at radius 3 is 2.71 bits per heavy atom. The van der Waals surface area contributed by atoms with Gasteiger partial charge in [0.15, 0.2) is 17.3 Å². The summed E-state index contributed by atoms with van der Waals surface area (Å²) in [4.78, 5) is 7.66. The van der Waals surface area contributed by atoms with Crippen LogP contribution in [0.25, 0.3) is 0 Å².